The fourth-order valence-corrected chi connectivity index (χ4v) is 4.38. The van der Waals surface area contributed by atoms with E-state index < -0.39 is 64.2 Å². The van der Waals surface area contributed by atoms with E-state index in [9.17, 15) is 23.5 Å². The van der Waals surface area contributed by atoms with Gasteiger partial charge in [0, 0.05) is 29.9 Å². The van der Waals surface area contributed by atoms with Gasteiger partial charge in [-0.3, -0.25) is 10.00 Å². The predicted octanol–water partition coefficient (Wildman–Crippen LogP) is 7.51. The van der Waals surface area contributed by atoms with E-state index in [1.807, 2.05) is 6.07 Å². The van der Waals surface area contributed by atoms with Crippen molar-refractivity contribution in [3.05, 3.63) is 114 Å². The average Bonchev–Trinajstić information content (AvgIpc) is 3.35. The highest BCUT2D eigenvalue weighted by Crippen LogP contribution is 2.37. The van der Waals surface area contributed by atoms with Crippen LogP contribution in [0.4, 0.5) is 28.2 Å². The van der Waals surface area contributed by atoms with Crippen molar-refractivity contribution in [2.75, 3.05) is 5.32 Å². The number of benzene rings is 3. The number of carboxylic acid groups (broad SMARTS) is 1. The Morgan fingerprint density at radius 3 is 2.23 bits per heavy atom. The Balaban J connectivity index is 1.41. The maximum Gasteiger partial charge on any atom is 0.413 e. The van der Waals surface area contributed by atoms with Crippen molar-refractivity contribution in [3.8, 4) is 33.9 Å². The number of nitrogens with zero attached hydrogens (tertiary/aromatic N) is 3. The number of amides is 1. The van der Waals surface area contributed by atoms with Crippen molar-refractivity contribution >= 4 is 17.9 Å². The Bertz CT molecular complexity index is 1860. The minimum absolute atomic E-state index is 0.00940. The molecule has 1 atom stereocenters. The van der Waals surface area contributed by atoms with E-state index in [0.717, 1.165) is 23.8 Å². The summed E-state index contributed by atoms with van der Waals surface area (Å²) in [5.41, 5.74) is -0.812. The van der Waals surface area contributed by atoms with E-state index in [2.05, 4.69) is 15.4 Å². The molecule has 1 amide bonds. The Morgan fingerprint density at radius 1 is 0.886 bits per heavy atom. The predicted molar refractivity (Wildman–Crippen MR) is 150 cm³/mol. The third-order valence-corrected chi connectivity index (χ3v) is 6.57. The van der Waals surface area contributed by atoms with Gasteiger partial charge in [0.2, 0.25) is 11.6 Å². The number of anilines is 1. The van der Waals surface area contributed by atoms with Crippen molar-refractivity contribution < 1.29 is 41.7 Å². The second-order valence-electron chi connectivity index (χ2n) is 9.46. The number of halogens is 4. The molecule has 0 aliphatic carbocycles. The fourth-order valence-electron chi connectivity index (χ4n) is 4.38. The van der Waals surface area contributed by atoms with Crippen molar-refractivity contribution in [1.82, 2.24) is 14.8 Å². The summed E-state index contributed by atoms with van der Waals surface area (Å²) in [5, 5.41) is 15.8. The van der Waals surface area contributed by atoms with E-state index >= 15 is 8.78 Å². The van der Waals surface area contributed by atoms with Gasteiger partial charge in [-0.15, -0.1) is 0 Å². The minimum Gasteiger partial charge on any atom is -0.477 e. The second kappa shape index (κ2) is 12.3. The minimum atomic E-state index is -1.44. The molecular formula is C31H22F4N4O5. The lowest BCUT2D eigenvalue weighted by Crippen LogP contribution is -2.18. The van der Waals surface area contributed by atoms with E-state index in [-0.39, 0.29) is 22.5 Å². The number of aryl methyl sites for hydroxylation is 1. The van der Waals surface area contributed by atoms with E-state index in [1.165, 1.54) is 30.2 Å². The van der Waals surface area contributed by atoms with Gasteiger partial charge >= 0.3 is 12.1 Å². The number of hydrogen-bond donors (Lipinski definition) is 2. The molecule has 0 aliphatic rings. The van der Waals surface area contributed by atoms with Crippen LogP contribution in [-0.4, -0.2) is 31.9 Å². The van der Waals surface area contributed by atoms with Crippen LogP contribution in [0.15, 0.2) is 79.1 Å². The van der Waals surface area contributed by atoms with Crippen LogP contribution >= 0.6 is 0 Å². The number of pyridine rings is 1. The number of carbonyl (C=O) groups excluding carboxylic acids is 1. The van der Waals surface area contributed by atoms with Gasteiger partial charge in [0.1, 0.15) is 29.1 Å². The molecule has 0 fully saturated rings. The summed E-state index contributed by atoms with van der Waals surface area (Å²) >= 11 is 0. The number of carbonyl (C=O) groups is 2. The molecule has 0 radical (unpaired) electrons. The Kier molecular flexibility index (Phi) is 8.29. The molecule has 2 N–H and O–H groups in total. The van der Waals surface area contributed by atoms with Gasteiger partial charge in [-0.2, -0.15) is 5.10 Å². The summed E-state index contributed by atoms with van der Waals surface area (Å²) in [4.78, 5) is 27.7. The zero-order valence-corrected chi connectivity index (χ0v) is 23.0. The highest BCUT2D eigenvalue weighted by molar-refractivity contribution is 5.91. The normalized spacial score (nSPS) is 11.6. The molecule has 0 unspecified atom stereocenters. The zero-order chi connectivity index (χ0) is 31.5. The topological polar surface area (TPSA) is 116 Å². The lowest BCUT2D eigenvalue weighted by molar-refractivity contribution is 0.0693. The summed E-state index contributed by atoms with van der Waals surface area (Å²) in [6.07, 6.45) is 0.908. The molecule has 5 aromatic rings. The first kappa shape index (κ1) is 29.8. The second-order valence-corrected chi connectivity index (χ2v) is 9.46. The van der Waals surface area contributed by atoms with E-state index in [0.29, 0.717) is 12.1 Å². The highest BCUT2D eigenvalue weighted by Gasteiger charge is 2.23. The lowest BCUT2D eigenvalue weighted by atomic mass is 9.99. The van der Waals surface area contributed by atoms with E-state index in [1.54, 1.807) is 31.2 Å². The largest absolute Gasteiger partial charge is 0.477 e. The van der Waals surface area contributed by atoms with Gasteiger partial charge in [0.25, 0.3) is 0 Å². The van der Waals surface area contributed by atoms with Crippen LogP contribution in [0.25, 0.3) is 22.3 Å². The van der Waals surface area contributed by atoms with Gasteiger partial charge in [0.05, 0.1) is 6.20 Å². The van der Waals surface area contributed by atoms with Crippen LogP contribution in [0.2, 0.25) is 0 Å². The van der Waals surface area contributed by atoms with Crippen LogP contribution < -0.4 is 10.1 Å². The molecule has 3 aromatic carbocycles. The third-order valence-electron chi connectivity index (χ3n) is 6.57. The maximum atomic E-state index is 15.4. The number of carboxylic acids is 1. The number of hydrogen-bond acceptors (Lipinski definition) is 6. The first-order valence-corrected chi connectivity index (χ1v) is 12.9. The quantitative estimate of drug-likeness (QED) is 0.176. The summed E-state index contributed by atoms with van der Waals surface area (Å²) in [6.45, 7) is 1.67. The summed E-state index contributed by atoms with van der Waals surface area (Å²) in [6, 6.07) is 14.3. The molecule has 0 bridgehead atoms. The Morgan fingerprint density at radius 2 is 1.55 bits per heavy atom. The first-order valence-electron chi connectivity index (χ1n) is 12.9. The molecule has 0 aliphatic heterocycles. The van der Waals surface area contributed by atoms with Crippen LogP contribution in [0.3, 0.4) is 0 Å². The van der Waals surface area contributed by atoms with Crippen molar-refractivity contribution in [3.63, 3.8) is 0 Å². The number of aromatic carboxylic acids is 1. The fraction of sp³-hybridized carbons (Fsp3) is 0.0968. The van der Waals surface area contributed by atoms with Gasteiger partial charge in [-0.05, 0) is 54.4 Å². The summed E-state index contributed by atoms with van der Waals surface area (Å²) < 4.78 is 72.4. The monoisotopic (exact) mass is 606 g/mol. The van der Waals surface area contributed by atoms with Crippen LogP contribution in [-0.2, 0) is 11.8 Å². The average molecular weight is 607 g/mol. The highest BCUT2D eigenvalue weighted by atomic mass is 19.1. The standard InChI is InChI=1S/C31H22F4N4O5/c1-16(17-7-4-3-5-8-17)43-31(42)38-28-22(15-37-39(28)2)21-14-23(32)20(13-24(21)33)18-11-25(34)27(26(35)12-18)44-29-19(30(40)41)9-6-10-36-29/h3-16H,1-2H3,(H,38,42)(H,40,41)/t16-/m1/s1. The molecule has 224 valence electrons. The van der Waals surface area contributed by atoms with Crippen LogP contribution in [0.1, 0.15) is 28.9 Å². The molecule has 0 saturated heterocycles. The maximum absolute atomic E-state index is 15.4. The summed E-state index contributed by atoms with van der Waals surface area (Å²) in [5.74, 6) is -7.62. The number of nitrogens with one attached hydrogen (secondary N) is 1. The molecule has 44 heavy (non-hydrogen) atoms. The summed E-state index contributed by atoms with van der Waals surface area (Å²) in [7, 11) is 1.47. The van der Waals surface area contributed by atoms with Crippen LogP contribution in [0, 0.1) is 23.3 Å². The molecule has 0 spiro atoms. The zero-order valence-electron chi connectivity index (χ0n) is 23.0. The molecule has 0 saturated carbocycles. The van der Waals surface area contributed by atoms with Crippen LogP contribution in [0.5, 0.6) is 11.6 Å². The molecule has 2 heterocycles. The van der Waals surface area contributed by atoms with Crippen molar-refractivity contribution in [2.45, 2.75) is 13.0 Å². The smallest absolute Gasteiger partial charge is 0.413 e. The van der Waals surface area contributed by atoms with Crippen molar-refractivity contribution in [2.24, 2.45) is 7.05 Å². The number of ether oxygens (including phenoxy) is 2. The van der Waals surface area contributed by atoms with Crippen molar-refractivity contribution in [1.29, 1.82) is 0 Å². The van der Waals surface area contributed by atoms with Gasteiger partial charge in [-0.1, -0.05) is 30.3 Å². The van der Waals surface area contributed by atoms with E-state index in [4.69, 9.17) is 9.47 Å². The Hall–Kier alpha value is -5.72. The number of aromatic nitrogens is 3. The molecule has 9 nitrogen and oxygen atoms in total. The molecular weight excluding hydrogens is 584 g/mol. The Labute approximate surface area is 247 Å². The molecule has 2 aromatic heterocycles. The third kappa shape index (κ3) is 6.07. The molecule has 13 heteroatoms. The van der Waals surface area contributed by atoms with Gasteiger partial charge in [-0.25, -0.2) is 32.1 Å². The van der Waals surface area contributed by atoms with Gasteiger partial charge < -0.3 is 14.6 Å². The van der Waals surface area contributed by atoms with Gasteiger partial charge in [0.15, 0.2) is 11.6 Å². The SMILES string of the molecule is C[C@@H](OC(=O)Nc1c(-c2cc(F)c(-c3cc(F)c(Oc4ncccc4C(=O)O)c(F)c3)cc2F)cnn1C)c1ccccc1. The number of rotatable bonds is 8. The first-order chi connectivity index (χ1) is 21.0. The lowest BCUT2D eigenvalue weighted by Gasteiger charge is -2.15. The molecule has 5 rings (SSSR count).